The Morgan fingerprint density at radius 2 is 2.28 bits per heavy atom. The van der Waals surface area contributed by atoms with E-state index in [9.17, 15) is 4.79 Å². The molecular weight excluding hydrogens is 228 g/mol. The molecule has 2 unspecified atom stereocenters. The fraction of sp³-hybridized carbons (Fsp3) is 0.500. The van der Waals surface area contributed by atoms with Gasteiger partial charge in [-0.05, 0) is 31.5 Å². The van der Waals surface area contributed by atoms with Crippen molar-refractivity contribution < 1.29 is 9.53 Å². The van der Waals surface area contributed by atoms with Crippen molar-refractivity contribution in [1.29, 1.82) is 0 Å². The molecule has 1 aromatic rings. The molecular formula is C14H20N2O2. The molecule has 0 spiro atoms. The molecule has 0 aromatic heterocycles. The van der Waals surface area contributed by atoms with Crippen LogP contribution in [0.4, 0.5) is 5.69 Å². The number of benzene rings is 1. The predicted octanol–water partition coefficient (Wildman–Crippen LogP) is 1.91. The second-order valence-corrected chi connectivity index (χ2v) is 4.81. The van der Waals surface area contributed by atoms with E-state index in [1.165, 1.54) is 0 Å². The van der Waals surface area contributed by atoms with Crippen LogP contribution >= 0.6 is 0 Å². The van der Waals surface area contributed by atoms with Crippen molar-refractivity contribution in [2.45, 2.75) is 32.5 Å². The zero-order valence-electron chi connectivity index (χ0n) is 10.9. The van der Waals surface area contributed by atoms with Gasteiger partial charge in [0.15, 0.2) is 0 Å². The van der Waals surface area contributed by atoms with Crippen molar-refractivity contribution in [3.05, 3.63) is 29.8 Å². The third kappa shape index (κ3) is 2.82. The molecule has 1 aliphatic rings. The van der Waals surface area contributed by atoms with Crippen LogP contribution in [-0.4, -0.2) is 36.1 Å². The van der Waals surface area contributed by atoms with Gasteiger partial charge in [0.05, 0.1) is 12.2 Å². The maximum Gasteiger partial charge on any atom is 0.254 e. The van der Waals surface area contributed by atoms with Gasteiger partial charge in [0.1, 0.15) is 0 Å². The maximum atomic E-state index is 12.4. The molecule has 1 fully saturated rings. The van der Waals surface area contributed by atoms with E-state index in [1.807, 2.05) is 17.9 Å². The molecule has 0 saturated carbocycles. The number of nitrogens with zero attached hydrogens (tertiary/aromatic N) is 1. The van der Waals surface area contributed by atoms with E-state index in [0.717, 1.165) is 6.42 Å². The number of hydrogen-bond donors (Lipinski definition) is 1. The van der Waals surface area contributed by atoms with Gasteiger partial charge in [-0.15, -0.1) is 0 Å². The summed E-state index contributed by atoms with van der Waals surface area (Å²) in [6.45, 7) is 5.38. The van der Waals surface area contributed by atoms with Crippen LogP contribution in [-0.2, 0) is 4.74 Å². The summed E-state index contributed by atoms with van der Waals surface area (Å²) in [6, 6.07) is 7.13. The average Bonchev–Trinajstić information content (AvgIpc) is 2.37. The number of nitrogen functional groups attached to an aromatic ring is 1. The summed E-state index contributed by atoms with van der Waals surface area (Å²) in [6.07, 6.45) is 1.15. The van der Waals surface area contributed by atoms with Crippen LogP contribution in [0.3, 0.4) is 0 Å². The number of carbonyl (C=O) groups is 1. The molecule has 18 heavy (non-hydrogen) atoms. The molecule has 4 nitrogen and oxygen atoms in total. The van der Waals surface area contributed by atoms with Crippen molar-refractivity contribution in [3.63, 3.8) is 0 Å². The normalized spacial score (nSPS) is 24.0. The number of rotatable bonds is 2. The lowest BCUT2D eigenvalue weighted by molar-refractivity contribution is -0.0681. The van der Waals surface area contributed by atoms with Gasteiger partial charge in [-0.25, -0.2) is 0 Å². The quantitative estimate of drug-likeness (QED) is 0.813. The summed E-state index contributed by atoms with van der Waals surface area (Å²) in [5, 5.41) is 0. The van der Waals surface area contributed by atoms with Crippen LogP contribution in [0.25, 0.3) is 0 Å². The van der Waals surface area contributed by atoms with E-state index in [4.69, 9.17) is 10.5 Å². The minimum absolute atomic E-state index is 0.0379. The first-order valence-corrected chi connectivity index (χ1v) is 6.40. The van der Waals surface area contributed by atoms with Crippen molar-refractivity contribution in [1.82, 2.24) is 4.90 Å². The van der Waals surface area contributed by atoms with Gasteiger partial charge in [0.25, 0.3) is 5.91 Å². The van der Waals surface area contributed by atoms with Crippen molar-refractivity contribution in [3.8, 4) is 0 Å². The highest BCUT2D eigenvalue weighted by Crippen LogP contribution is 2.17. The SMILES string of the molecule is CCC1CN(C(=O)c2cccc(N)c2)CC(C)O1. The number of morpholine rings is 1. The molecule has 1 aliphatic heterocycles. The largest absolute Gasteiger partial charge is 0.399 e. The van der Waals surface area contributed by atoms with Crippen molar-refractivity contribution >= 4 is 11.6 Å². The van der Waals surface area contributed by atoms with Crippen molar-refractivity contribution in [2.24, 2.45) is 0 Å². The second-order valence-electron chi connectivity index (χ2n) is 4.81. The number of anilines is 1. The Bertz CT molecular complexity index is 434. The van der Waals surface area contributed by atoms with Gasteiger partial charge in [0, 0.05) is 24.3 Å². The van der Waals surface area contributed by atoms with Crippen LogP contribution < -0.4 is 5.73 Å². The van der Waals surface area contributed by atoms with Crippen LogP contribution in [0.2, 0.25) is 0 Å². The highest BCUT2D eigenvalue weighted by molar-refractivity contribution is 5.95. The highest BCUT2D eigenvalue weighted by Gasteiger charge is 2.27. The lowest BCUT2D eigenvalue weighted by atomic mass is 10.1. The van der Waals surface area contributed by atoms with E-state index < -0.39 is 0 Å². The highest BCUT2D eigenvalue weighted by atomic mass is 16.5. The molecule has 1 amide bonds. The summed E-state index contributed by atoms with van der Waals surface area (Å²) in [5.41, 5.74) is 6.98. The second kappa shape index (κ2) is 5.40. The molecule has 2 rings (SSSR count). The van der Waals surface area contributed by atoms with Gasteiger partial charge < -0.3 is 15.4 Å². The smallest absolute Gasteiger partial charge is 0.254 e. The third-order valence-corrected chi connectivity index (χ3v) is 3.20. The Morgan fingerprint density at radius 3 is 2.94 bits per heavy atom. The molecule has 1 aromatic carbocycles. The summed E-state index contributed by atoms with van der Waals surface area (Å²) in [4.78, 5) is 14.2. The number of amides is 1. The van der Waals surface area contributed by atoms with E-state index in [1.54, 1.807) is 18.2 Å². The Hall–Kier alpha value is -1.55. The summed E-state index contributed by atoms with van der Waals surface area (Å²) in [7, 11) is 0. The standard InChI is InChI=1S/C14H20N2O2/c1-3-13-9-16(8-10(2)18-13)14(17)11-5-4-6-12(15)7-11/h4-7,10,13H,3,8-9,15H2,1-2H3. The van der Waals surface area contributed by atoms with Gasteiger partial charge in [-0.1, -0.05) is 13.0 Å². The summed E-state index contributed by atoms with van der Waals surface area (Å²) >= 11 is 0. The zero-order valence-corrected chi connectivity index (χ0v) is 10.9. The number of nitrogens with two attached hydrogens (primary N) is 1. The average molecular weight is 248 g/mol. The van der Waals surface area contributed by atoms with Gasteiger partial charge in [-0.3, -0.25) is 4.79 Å². The molecule has 2 atom stereocenters. The molecule has 1 saturated heterocycles. The molecule has 0 aliphatic carbocycles. The fourth-order valence-corrected chi connectivity index (χ4v) is 2.29. The van der Waals surface area contributed by atoms with Crippen molar-refractivity contribution in [2.75, 3.05) is 18.8 Å². The van der Waals surface area contributed by atoms with E-state index >= 15 is 0 Å². The van der Waals surface area contributed by atoms with Gasteiger partial charge in [-0.2, -0.15) is 0 Å². The first-order valence-electron chi connectivity index (χ1n) is 6.40. The Morgan fingerprint density at radius 1 is 1.50 bits per heavy atom. The van der Waals surface area contributed by atoms with E-state index in [-0.39, 0.29) is 18.1 Å². The Labute approximate surface area is 108 Å². The first kappa shape index (κ1) is 12.9. The molecule has 4 heteroatoms. The van der Waals surface area contributed by atoms with Crippen LogP contribution in [0, 0.1) is 0 Å². The van der Waals surface area contributed by atoms with Gasteiger partial charge in [0.2, 0.25) is 0 Å². The minimum atomic E-state index is 0.0379. The molecule has 1 heterocycles. The van der Waals surface area contributed by atoms with Gasteiger partial charge >= 0.3 is 0 Å². The van der Waals surface area contributed by atoms with Crippen LogP contribution in [0.1, 0.15) is 30.6 Å². The predicted molar refractivity (Wildman–Crippen MR) is 71.4 cm³/mol. The number of hydrogen-bond acceptors (Lipinski definition) is 3. The maximum absolute atomic E-state index is 12.4. The Kier molecular flexibility index (Phi) is 3.87. The minimum Gasteiger partial charge on any atom is -0.399 e. The lowest BCUT2D eigenvalue weighted by Crippen LogP contribution is -2.49. The molecule has 2 N–H and O–H groups in total. The molecule has 98 valence electrons. The molecule has 0 radical (unpaired) electrons. The first-order chi connectivity index (χ1) is 8.60. The number of carbonyl (C=O) groups excluding carboxylic acids is 1. The monoisotopic (exact) mass is 248 g/mol. The van der Waals surface area contributed by atoms with E-state index in [2.05, 4.69) is 6.92 Å². The van der Waals surface area contributed by atoms with Crippen LogP contribution in [0.5, 0.6) is 0 Å². The molecule has 0 bridgehead atoms. The summed E-state index contributed by atoms with van der Waals surface area (Å²) in [5.74, 6) is 0.0379. The zero-order chi connectivity index (χ0) is 13.1. The summed E-state index contributed by atoms with van der Waals surface area (Å²) < 4.78 is 5.76. The third-order valence-electron chi connectivity index (χ3n) is 3.20. The Balaban J connectivity index is 2.13. The van der Waals surface area contributed by atoms with Crippen LogP contribution in [0.15, 0.2) is 24.3 Å². The topological polar surface area (TPSA) is 55.6 Å². The number of ether oxygens (including phenoxy) is 1. The fourth-order valence-electron chi connectivity index (χ4n) is 2.29. The lowest BCUT2D eigenvalue weighted by Gasteiger charge is -2.36. The van der Waals surface area contributed by atoms with E-state index in [0.29, 0.717) is 24.3 Å².